The molecule has 1 heterocycles. The summed E-state index contributed by atoms with van der Waals surface area (Å²) in [5.41, 5.74) is 0.430. The number of carbonyl (C=O) groups is 1. The maximum atomic E-state index is 13.5. The van der Waals surface area contributed by atoms with Gasteiger partial charge in [0, 0.05) is 20.0 Å². The standard InChI is InChI=1S/C10H10F2N2O/c1-14-5-4-8(15)13-7-3-2-6(11)9(12)10(7)14/h2-3H,4-5H2,1H3,(H,13,15). The Morgan fingerprint density at radius 1 is 1.40 bits per heavy atom. The second kappa shape index (κ2) is 3.49. The lowest BCUT2D eigenvalue weighted by Gasteiger charge is -2.18. The molecule has 2 rings (SSSR count). The van der Waals surface area contributed by atoms with Gasteiger partial charge in [-0.15, -0.1) is 0 Å². The minimum atomic E-state index is -0.919. The van der Waals surface area contributed by atoms with Crippen LogP contribution < -0.4 is 10.2 Å². The smallest absolute Gasteiger partial charge is 0.226 e. The molecule has 0 saturated heterocycles. The molecule has 1 aliphatic heterocycles. The second-order valence-electron chi connectivity index (χ2n) is 3.48. The number of halogens is 2. The van der Waals surface area contributed by atoms with E-state index in [4.69, 9.17) is 0 Å². The van der Waals surface area contributed by atoms with E-state index >= 15 is 0 Å². The summed E-state index contributed by atoms with van der Waals surface area (Å²) in [6, 6.07) is 2.38. The zero-order chi connectivity index (χ0) is 11.0. The summed E-state index contributed by atoms with van der Waals surface area (Å²) in [5.74, 6) is -2.01. The first kappa shape index (κ1) is 9.89. The minimum absolute atomic E-state index is 0.112. The Morgan fingerprint density at radius 2 is 2.13 bits per heavy atom. The molecule has 1 aliphatic rings. The minimum Gasteiger partial charge on any atom is -0.370 e. The highest BCUT2D eigenvalue weighted by Gasteiger charge is 2.22. The number of anilines is 2. The SMILES string of the molecule is CN1CCC(=O)Nc2ccc(F)c(F)c21. The van der Waals surface area contributed by atoms with Gasteiger partial charge in [0.05, 0.1) is 11.4 Å². The monoisotopic (exact) mass is 212 g/mol. The van der Waals surface area contributed by atoms with Crippen LogP contribution in [0.4, 0.5) is 20.2 Å². The van der Waals surface area contributed by atoms with Crippen molar-refractivity contribution >= 4 is 17.3 Å². The molecular formula is C10H10F2N2O. The highest BCUT2D eigenvalue weighted by atomic mass is 19.2. The van der Waals surface area contributed by atoms with Crippen molar-refractivity contribution in [3.8, 4) is 0 Å². The van der Waals surface area contributed by atoms with Crippen molar-refractivity contribution in [2.75, 3.05) is 23.8 Å². The number of amides is 1. The van der Waals surface area contributed by atoms with Crippen molar-refractivity contribution in [1.82, 2.24) is 0 Å². The Kier molecular flexibility index (Phi) is 2.30. The summed E-state index contributed by atoms with van der Waals surface area (Å²) in [7, 11) is 1.63. The molecule has 0 atom stereocenters. The van der Waals surface area contributed by atoms with E-state index in [0.717, 1.165) is 6.07 Å². The molecule has 1 aromatic rings. The summed E-state index contributed by atoms with van der Waals surface area (Å²) in [6.07, 6.45) is 0.270. The average Bonchev–Trinajstić information content (AvgIpc) is 2.33. The van der Waals surface area contributed by atoms with Crippen LogP contribution in [0.3, 0.4) is 0 Å². The lowest BCUT2D eigenvalue weighted by atomic mass is 10.2. The van der Waals surface area contributed by atoms with Gasteiger partial charge in [-0.3, -0.25) is 4.79 Å². The Balaban J connectivity index is 2.57. The fourth-order valence-corrected chi connectivity index (χ4v) is 1.61. The number of nitrogens with one attached hydrogen (secondary N) is 1. The predicted molar refractivity (Wildman–Crippen MR) is 52.9 cm³/mol. The normalized spacial score (nSPS) is 15.7. The molecule has 0 saturated carbocycles. The molecule has 80 valence electrons. The molecule has 0 aromatic heterocycles. The van der Waals surface area contributed by atoms with Crippen molar-refractivity contribution in [2.24, 2.45) is 0 Å². The maximum absolute atomic E-state index is 13.5. The van der Waals surface area contributed by atoms with Crippen LogP contribution in [0, 0.1) is 11.6 Å². The molecule has 1 aromatic carbocycles. The Morgan fingerprint density at radius 3 is 2.87 bits per heavy atom. The molecule has 0 fully saturated rings. The van der Waals surface area contributed by atoms with Crippen molar-refractivity contribution in [2.45, 2.75) is 6.42 Å². The van der Waals surface area contributed by atoms with E-state index in [2.05, 4.69) is 5.32 Å². The third kappa shape index (κ3) is 1.65. The van der Waals surface area contributed by atoms with Gasteiger partial charge in [0.1, 0.15) is 0 Å². The van der Waals surface area contributed by atoms with E-state index in [1.807, 2.05) is 0 Å². The van der Waals surface area contributed by atoms with Gasteiger partial charge in [-0.1, -0.05) is 0 Å². The van der Waals surface area contributed by atoms with Gasteiger partial charge in [0.25, 0.3) is 0 Å². The summed E-state index contributed by atoms with van der Waals surface area (Å²) in [5, 5.41) is 2.53. The van der Waals surface area contributed by atoms with E-state index < -0.39 is 11.6 Å². The largest absolute Gasteiger partial charge is 0.370 e. The lowest BCUT2D eigenvalue weighted by molar-refractivity contribution is -0.115. The molecule has 0 unspecified atom stereocenters. The van der Waals surface area contributed by atoms with Crippen molar-refractivity contribution in [1.29, 1.82) is 0 Å². The van der Waals surface area contributed by atoms with E-state index in [-0.39, 0.29) is 18.0 Å². The van der Waals surface area contributed by atoms with E-state index in [1.165, 1.54) is 11.0 Å². The van der Waals surface area contributed by atoms with E-state index in [0.29, 0.717) is 12.2 Å². The molecule has 0 spiro atoms. The average molecular weight is 212 g/mol. The molecule has 0 bridgehead atoms. The number of rotatable bonds is 0. The molecular weight excluding hydrogens is 202 g/mol. The number of hydrogen-bond acceptors (Lipinski definition) is 2. The summed E-state index contributed by atoms with van der Waals surface area (Å²) in [6.45, 7) is 0.374. The molecule has 3 nitrogen and oxygen atoms in total. The number of hydrogen-bond donors (Lipinski definition) is 1. The van der Waals surface area contributed by atoms with Crippen molar-refractivity contribution in [3.05, 3.63) is 23.8 Å². The Labute approximate surface area is 85.7 Å². The van der Waals surface area contributed by atoms with Gasteiger partial charge < -0.3 is 10.2 Å². The number of fused-ring (bicyclic) bond motifs is 1. The van der Waals surface area contributed by atoms with Crippen LogP contribution in [-0.4, -0.2) is 19.5 Å². The van der Waals surface area contributed by atoms with Crippen LogP contribution in [0.15, 0.2) is 12.1 Å². The number of carbonyl (C=O) groups excluding carboxylic acids is 1. The van der Waals surface area contributed by atoms with Crippen LogP contribution in [0.5, 0.6) is 0 Å². The molecule has 0 aliphatic carbocycles. The first-order valence-electron chi connectivity index (χ1n) is 4.58. The fourth-order valence-electron chi connectivity index (χ4n) is 1.61. The van der Waals surface area contributed by atoms with Crippen LogP contribution in [-0.2, 0) is 4.79 Å². The molecule has 0 radical (unpaired) electrons. The van der Waals surface area contributed by atoms with Gasteiger partial charge in [0.15, 0.2) is 11.6 Å². The Hall–Kier alpha value is -1.65. The fraction of sp³-hybridized carbons (Fsp3) is 0.300. The zero-order valence-corrected chi connectivity index (χ0v) is 8.18. The molecule has 5 heteroatoms. The second-order valence-corrected chi connectivity index (χ2v) is 3.48. The lowest BCUT2D eigenvalue weighted by Crippen LogP contribution is -2.20. The van der Waals surface area contributed by atoms with E-state index in [9.17, 15) is 13.6 Å². The third-order valence-corrected chi connectivity index (χ3v) is 2.40. The highest BCUT2D eigenvalue weighted by Crippen LogP contribution is 2.31. The zero-order valence-electron chi connectivity index (χ0n) is 8.18. The molecule has 15 heavy (non-hydrogen) atoms. The maximum Gasteiger partial charge on any atom is 0.226 e. The third-order valence-electron chi connectivity index (χ3n) is 2.40. The summed E-state index contributed by atoms with van der Waals surface area (Å²) >= 11 is 0. The van der Waals surface area contributed by atoms with Gasteiger partial charge in [-0.05, 0) is 12.1 Å². The van der Waals surface area contributed by atoms with Crippen molar-refractivity contribution < 1.29 is 13.6 Å². The van der Waals surface area contributed by atoms with Crippen LogP contribution >= 0.6 is 0 Å². The van der Waals surface area contributed by atoms with E-state index in [1.54, 1.807) is 7.05 Å². The quantitative estimate of drug-likeness (QED) is 0.710. The summed E-state index contributed by atoms with van der Waals surface area (Å²) in [4.78, 5) is 12.8. The number of benzene rings is 1. The van der Waals surface area contributed by atoms with Crippen LogP contribution in [0.2, 0.25) is 0 Å². The van der Waals surface area contributed by atoms with Crippen LogP contribution in [0.1, 0.15) is 6.42 Å². The molecule has 1 amide bonds. The highest BCUT2D eigenvalue weighted by molar-refractivity contribution is 5.96. The van der Waals surface area contributed by atoms with Crippen molar-refractivity contribution in [3.63, 3.8) is 0 Å². The Bertz CT molecular complexity index is 420. The van der Waals surface area contributed by atoms with Crippen LogP contribution in [0.25, 0.3) is 0 Å². The number of nitrogens with zero attached hydrogens (tertiary/aromatic N) is 1. The first-order valence-corrected chi connectivity index (χ1v) is 4.58. The topological polar surface area (TPSA) is 32.3 Å². The van der Waals surface area contributed by atoms with Gasteiger partial charge >= 0.3 is 0 Å². The van der Waals surface area contributed by atoms with Gasteiger partial charge in [-0.25, -0.2) is 8.78 Å². The van der Waals surface area contributed by atoms with Gasteiger partial charge in [0.2, 0.25) is 5.91 Å². The van der Waals surface area contributed by atoms with Gasteiger partial charge in [-0.2, -0.15) is 0 Å². The summed E-state index contributed by atoms with van der Waals surface area (Å²) < 4.78 is 26.5. The first-order chi connectivity index (χ1) is 7.09. The predicted octanol–water partition coefficient (Wildman–Crippen LogP) is 1.74. The molecule has 1 N–H and O–H groups in total.